The molecule has 2 rings (SSSR count). The highest BCUT2D eigenvalue weighted by atomic mass is 16.5. The topological polar surface area (TPSA) is 60.7 Å². The van der Waals surface area contributed by atoms with Crippen LogP contribution in [0.3, 0.4) is 0 Å². The molecule has 0 fully saturated rings. The zero-order valence-corrected chi connectivity index (χ0v) is 8.71. The van der Waals surface area contributed by atoms with Gasteiger partial charge in [0, 0.05) is 6.20 Å². The normalized spacial score (nSPS) is 10.3. The van der Waals surface area contributed by atoms with Crippen molar-refractivity contribution in [1.82, 2.24) is 9.38 Å². The van der Waals surface area contributed by atoms with E-state index in [1.165, 1.54) is 10.5 Å². The molecule has 0 aromatic carbocycles. The van der Waals surface area contributed by atoms with Crippen LogP contribution in [0.4, 0.5) is 0 Å². The first kappa shape index (κ1) is 10.4. The van der Waals surface area contributed by atoms with Crippen LogP contribution < -0.4 is 5.69 Å². The monoisotopic (exact) mass is 218 g/mol. The lowest BCUT2D eigenvalue weighted by Crippen LogP contribution is -2.21. The van der Waals surface area contributed by atoms with Crippen LogP contribution in [0.5, 0.6) is 0 Å². The highest BCUT2D eigenvalue weighted by Gasteiger charge is 2.10. The first-order valence-corrected chi connectivity index (χ1v) is 4.88. The summed E-state index contributed by atoms with van der Waals surface area (Å²) >= 11 is 0. The van der Waals surface area contributed by atoms with Gasteiger partial charge >= 0.3 is 11.7 Å². The summed E-state index contributed by atoms with van der Waals surface area (Å²) in [5.41, 5.74) is 0.171. The first-order chi connectivity index (χ1) is 7.72. The van der Waals surface area contributed by atoms with E-state index in [1.807, 2.05) is 0 Å². The Hall–Kier alpha value is -2.17. The van der Waals surface area contributed by atoms with Crippen LogP contribution in [-0.4, -0.2) is 22.0 Å². The second kappa shape index (κ2) is 4.14. The summed E-state index contributed by atoms with van der Waals surface area (Å²) < 4.78 is 6.15. The number of aromatic nitrogens is 2. The SMILES string of the molecule is CCOC(=O)c1cc2ccccn2c(=O)n1. The molecule has 0 aliphatic rings. The molecule has 5 heteroatoms. The van der Waals surface area contributed by atoms with Crippen LogP contribution >= 0.6 is 0 Å². The first-order valence-electron chi connectivity index (χ1n) is 4.88. The summed E-state index contributed by atoms with van der Waals surface area (Å²) in [7, 11) is 0. The Morgan fingerprint density at radius 2 is 2.31 bits per heavy atom. The van der Waals surface area contributed by atoms with Gasteiger partial charge in [0.25, 0.3) is 0 Å². The van der Waals surface area contributed by atoms with Crippen molar-refractivity contribution in [2.75, 3.05) is 6.61 Å². The number of fused-ring (bicyclic) bond motifs is 1. The Morgan fingerprint density at radius 1 is 1.50 bits per heavy atom. The van der Waals surface area contributed by atoms with Crippen LogP contribution in [0.1, 0.15) is 17.4 Å². The van der Waals surface area contributed by atoms with Crippen molar-refractivity contribution < 1.29 is 9.53 Å². The molecule has 0 aliphatic carbocycles. The van der Waals surface area contributed by atoms with Crippen LogP contribution in [-0.2, 0) is 4.74 Å². The lowest BCUT2D eigenvalue weighted by atomic mass is 10.3. The summed E-state index contributed by atoms with van der Waals surface area (Å²) in [5.74, 6) is -0.578. The molecule has 0 N–H and O–H groups in total. The average Bonchev–Trinajstić information content (AvgIpc) is 2.29. The molecule has 0 unspecified atom stereocenters. The third-order valence-electron chi connectivity index (χ3n) is 2.08. The standard InChI is InChI=1S/C11H10N2O3/c1-2-16-10(14)9-7-8-5-3-4-6-13(8)11(15)12-9/h3-7H,2H2,1H3. The smallest absolute Gasteiger partial charge is 0.357 e. The zero-order chi connectivity index (χ0) is 11.5. The van der Waals surface area contributed by atoms with E-state index >= 15 is 0 Å². The van der Waals surface area contributed by atoms with Crippen molar-refractivity contribution >= 4 is 11.5 Å². The van der Waals surface area contributed by atoms with Gasteiger partial charge in [-0.15, -0.1) is 0 Å². The summed E-state index contributed by atoms with van der Waals surface area (Å²) in [6.45, 7) is 1.96. The molecule has 2 aromatic heterocycles. The van der Waals surface area contributed by atoms with Crippen molar-refractivity contribution in [3.8, 4) is 0 Å². The fraction of sp³-hybridized carbons (Fsp3) is 0.182. The van der Waals surface area contributed by atoms with E-state index in [9.17, 15) is 9.59 Å². The molecule has 5 nitrogen and oxygen atoms in total. The predicted octanol–water partition coefficient (Wildman–Crippen LogP) is 0.871. The predicted molar refractivity (Wildman–Crippen MR) is 57.4 cm³/mol. The van der Waals surface area contributed by atoms with Gasteiger partial charge in [-0.25, -0.2) is 9.59 Å². The Bertz CT molecular complexity index is 589. The lowest BCUT2D eigenvalue weighted by molar-refractivity contribution is 0.0519. The molecule has 0 saturated carbocycles. The van der Waals surface area contributed by atoms with Gasteiger partial charge in [0.2, 0.25) is 0 Å². The summed E-state index contributed by atoms with van der Waals surface area (Å²) in [6.07, 6.45) is 1.60. The molecule has 0 saturated heterocycles. The molecule has 82 valence electrons. The number of carbonyl (C=O) groups excluding carboxylic acids is 1. The van der Waals surface area contributed by atoms with Crippen molar-refractivity contribution in [3.05, 3.63) is 46.6 Å². The number of hydrogen-bond acceptors (Lipinski definition) is 4. The maximum atomic E-state index is 11.6. The van der Waals surface area contributed by atoms with Gasteiger partial charge in [-0.05, 0) is 25.1 Å². The highest BCUT2D eigenvalue weighted by Crippen LogP contribution is 2.02. The summed E-state index contributed by atoms with van der Waals surface area (Å²) in [6, 6.07) is 6.76. The van der Waals surface area contributed by atoms with Crippen molar-refractivity contribution in [3.63, 3.8) is 0 Å². The van der Waals surface area contributed by atoms with Crippen molar-refractivity contribution in [2.45, 2.75) is 6.92 Å². The minimum absolute atomic E-state index is 0.0399. The fourth-order valence-corrected chi connectivity index (χ4v) is 1.39. The number of nitrogens with zero attached hydrogens (tertiary/aromatic N) is 2. The number of ether oxygens (including phenoxy) is 1. The van der Waals surface area contributed by atoms with Crippen LogP contribution in [0.25, 0.3) is 5.52 Å². The Balaban J connectivity index is 2.58. The van der Waals surface area contributed by atoms with Crippen LogP contribution in [0.15, 0.2) is 35.3 Å². The molecule has 0 radical (unpaired) electrons. The van der Waals surface area contributed by atoms with Crippen LogP contribution in [0, 0.1) is 0 Å². The molecular weight excluding hydrogens is 208 g/mol. The molecule has 2 heterocycles. The molecule has 0 amide bonds. The number of pyridine rings is 1. The molecule has 0 bridgehead atoms. The second-order valence-electron chi connectivity index (χ2n) is 3.14. The quantitative estimate of drug-likeness (QED) is 0.702. The molecule has 0 atom stereocenters. The van der Waals surface area contributed by atoms with E-state index in [1.54, 1.807) is 31.3 Å². The van der Waals surface area contributed by atoms with Crippen molar-refractivity contribution in [2.24, 2.45) is 0 Å². The zero-order valence-electron chi connectivity index (χ0n) is 8.71. The maximum absolute atomic E-state index is 11.6. The molecule has 2 aromatic rings. The van der Waals surface area contributed by atoms with Gasteiger partial charge in [-0.1, -0.05) is 6.07 Å². The van der Waals surface area contributed by atoms with Gasteiger partial charge in [-0.3, -0.25) is 4.40 Å². The van der Waals surface area contributed by atoms with Gasteiger partial charge in [0.15, 0.2) is 5.69 Å². The van der Waals surface area contributed by atoms with Crippen LogP contribution in [0.2, 0.25) is 0 Å². The minimum Gasteiger partial charge on any atom is -0.461 e. The Morgan fingerprint density at radius 3 is 3.06 bits per heavy atom. The highest BCUT2D eigenvalue weighted by molar-refractivity contribution is 5.88. The molecule has 0 aliphatic heterocycles. The van der Waals surface area contributed by atoms with E-state index in [0.29, 0.717) is 5.52 Å². The van der Waals surface area contributed by atoms with Crippen molar-refractivity contribution in [1.29, 1.82) is 0 Å². The number of hydrogen-bond donors (Lipinski definition) is 0. The third kappa shape index (κ3) is 1.79. The Kier molecular flexibility index (Phi) is 2.68. The summed E-state index contributed by atoms with van der Waals surface area (Å²) in [4.78, 5) is 26.6. The van der Waals surface area contributed by atoms with E-state index < -0.39 is 11.7 Å². The van der Waals surface area contributed by atoms with Gasteiger partial charge < -0.3 is 4.74 Å². The Labute approximate surface area is 91.3 Å². The van der Waals surface area contributed by atoms with E-state index in [2.05, 4.69) is 4.98 Å². The summed E-state index contributed by atoms with van der Waals surface area (Å²) in [5, 5.41) is 0. The molecular formula is C11H10N2O3. The largest absolute Gasteiger partial charge is 0.461 e. The third-order valence-corrected chi connectivity index (χ3v) is 2.08. The average molecular weight is 218 g/mol. The van der Waals surface area contributed by atoms with E-state index in [4.69, 9.17) is 4.74 Å². The minimum atomic E-state index is -0.578. The van der Waals surface area contributed by atoms with E-state index in [-0.39, 0.29) is 12.3 Å². The maximum Gasteiger partial charge on any atom is 0.357 e. The fourth-order valence-electron chi connectivity index (χ4n) is 1.39. The van der Waals surface area contributed by atoms with Gasteiger partial charge in [0.05, 0.1) is 12.1 Å². The van der Waals surface area contributed by atoms with E-state index in [0.717, 1.165) is 0 Å². The molecule has 16 heavy (non-hydrogen) atoms. The van der Waals surface area contributed by atoms with Gasteiger partial charge in [-0.2, -0.15) is 4.98 Å². The number of esters is 1. The second-order valence-corrected chi connectivity index (χ2v) is 3.14. The van der Waals surface area contributed by atoms with Gasteiger partial charge in [0.1, 0.15) is 0 Å². The lowest BCUT2D eigenvalue weighted by Gasteiger charge is -2.02. The number of carbonyl (C=O) groups is 1. The molecule has 0 spiro atoms. The number of rotatable bonds is 2.